The Morgan fingerprint density at radius 1 is 0.407 bits per heavy atom. The van der Waals surface area contributed by atoms with Crippen LogP contribution in [-0.2, 0) is 75.2 Å². The summed E-state index contributed by atoms with van der Waals surface area (Å²) in [7, 11) is 0. The lowest BCUT2D eigenvalue weighted by Crippen LogP contribution is -2.61. The molecule has 680 valence electrons. The van der Waals surface area contributed by atoms with E-state index in [0.29, 0.717) is 75.3 Å². The second kappa shape index (κ2) is 49.9. The topological polar surface area (TPSA) is 630 Å². The summed E-state index contributed by atoms with van der Waals surface area (Å²) in [6, 6.07) is -0.784. The number of likely N-dealkylation sites (tertiary alicyclic amines) is 3. The first-order valence-electron chi connectivity index (χ1n) is 43.8. The minimum atomic E-state index is -1.38. The summed E-state index contributed by atoms with van der Waals surface area (Å²) in [4.78, 5) is 209. The van der Waals surface area contributed by atoms with E-state index in [0.717, 1.165) is 21.8 Å². The van der Waals surface area contributed by atoms with Gasteiger partial charge in [-0.1, -0.05) is 84.4 Å². The van der Waals surface area contributed by atoms with Gasteiger partial charge in [-0.3, -0.25) is 72.3 Å². The van der Waals surface area contributed by atoms with Crippen LogP contribution in [0.15, 0.2) is 70.9 Å². The third-order valence-electron chi connectivity index (χ3n) is 23.1. The highest BCUT2D eigenvalue weighted by molar-refractivity contribution is 6.01. The number of H-pyrrole nitrogens is 2. The van der Waals surface area contributed by atoms with Crippen LogP contribution in [0.1, 0.15) is 194 Å². The molecule has 38 heteroatoms. The van der Waals surface area contributed by atoms with Gasteiger partial charge in [-0.05, 0) is 195 Å². The third kappa shape index (κ3) is 29.9. The van der Waals surface area contributed by atoms with Crippen molar-refractivity contribution in [2.75, 3.05) is 52.4 Å². The lowest BCUT2D eigenvalue weighted by Gasteiger charge is -2.32. The van der Waals surface area contributed by atoms with Crippen molar-refractivity contribution in [3.05, 3.63) is 72.1 Å². The Hall–Kier alpha value is -11.0. The van der Waals surface area contributed by atoms with Crippen LogP contribution in [0, 0.1) is 17.8 Å². The molecule has 2 aromatic carbocycles. The van der Waals surface area contributed by atoms with E-state index in [9.17, 15) is 33.6 Å². The number of primary amides is 1. The number of aromatic nitrogens is 2. The molecule has 0 bridgehead atoms. The molecule has 29 N–H and O–H groups in total. The maximum absolute atomic E-state index is 15.6. The maximum atomic E-state index is 15.6. The van der Waals surface area contributed by atoms with Gasteiger partial charge in [-0.2, -0.15) is 0 Å². The molecule has 13 amide bonds. The van der Waals surface area contributed by atoms with Crippen molar-refractivity contribution < 1.29 is 62.3 Å². The summed E-state index contributed by atoms with van der Waals surface area (Å²) in [5, 5.41) is 27.3. The van der Waals surface area contributed by atoms with Crippen LogP contribution in [0.5, 0.6) is 0 Å². The number of nitrogens with one attached hydrogen (secondary N) is 11. The van der Waals surface area contributed by atoms with Crippen LogP contribution in [0.2, 0.25) is 0 Å². The van der Waals surface area contributed by atoms with Crippen LogP contribution in [0.3, 0.4) is 0 Å². The quantitative estimate of drug-likeness (QED) is 0.0146. The molecule has 0 aliphatic carbocycles. The number of benzene rings is 2. The first-order chi connectivity index (χ1) is 58.8. The molecule has 3 saturated heterocycles. The van der Waals surface area contributed by atoms with Gasteiger partial charge in [-0.15, -0.1) is 0 Å². The minimum Gasteiger partial charge on any atom is -0.370 e. The molecule has 3 aliphatic heterocycles. The zero-order valence-corrected chi connectivity index (χ0v) is 72.4. The van der Waals surface area contributed by atoms with Crippen molar-refractivity contribution in [2.24, 2.45) is 79.3 Å². The molecule has 0 spiro atoms. The fraction of sp³-hybridized carbons (Fsp3) is 0.635. The van der Waals surface area contributed by atoms with E-state index >= 15 is 28.8 Å². The smallest absolute Gasteiger partial charge is 0.246 e. The van der Waals surface area contributed by atoms with Gasteiger partial charge in [-0.25, -0.2) is 0 Å². The molecule has 0 radical (unpaired) electrons. The molecule has 123 heavy (non-hydrogen) atoms. The molecule has 5 heterocycles. The number of guanidine groups is 2. The average molecular weight is 1720 g/mol. The lowest BCUT2D eigenvalue weighted by atomic mass is 9.97. The number of nitrogens with zero attached hydrogens (tertiary/aromatic N) is 5. The first-order valence-corrected chi connectivity index (χ1v) is 43.8. The van der Waals surface area contributed by atoms with Gasteiger partial charge >= 0.3 is 0 Å². The number of aromatic amines is 2. The van der Waals surface area contributed by atoms with Crippen molar-refractivity contribution in [1.29, 1.82) is 0 Å². The minimum absolute atomic E-state index is 0.0202. The number of unbranched alkanes of at least 4 members (excludes halogenated alkanes) is 3. The van der Waals surface area contributed by atoms with Gasteiger partial charge in [0.15, 0.2) is 11.9 Å². The largest absolute Gasteiger partial charge is 0.370 e. The Balaban J connectivity index is 1.11. The predicted molar refractivity (Wildman–Crippen MR) is 470 cm³/mol. The fourth-order valence-corrected chi connectivity index (χ4v) is 16.1. The zero-order chi connectivity index (χ0) is 90.0. The van der Waals surface area contributed by atoms with Crippen molar-refractivity contribution in [1.82, 2.24) is 72.5 Å². The zero-order valence-electron chi connectivity index (χ0n) is 72.4. The van der Waals surface area contributed by atoms with Gasteiger partial charge in [0.25, 0.3) is 0 Å². The average Bonchev–Trinajstić information content (AvgIpc) is 1.67. The Labute approximate surface area is 720 Å². The highest BCUT2D eigenvalue weighted by Gasteiger charge is 2.45. The Kier molecular flexibility index (Phi) is 40.2. The lowest BCUT2D eigenvalue weighted by molar-refractivity contribution is -0.144. The summed E-state index contributed by atoms with van der Waals surface area (Å²) < 4.78 is 0. The van der Waals surface area contributed by atoms with Crippen LogP contribution in [-0.4, -0.2) is 244 Å². The van der Waals surface area contributed by atoms with Crippen LogP contribution >= 0.6 is 0 Å². The van der Waals surface area contributed by atoms with E-state index < -0.39 is 155 Å². The molecule has 3 aliphatic rings. The molecule has 4 aromatic rings. The van der Waals surface area contributed by atoms with Crippen LogP contribution in [0.4, 0.5) is 0 Å². The van der Waals surface area contributed by atoms with E-state index in [-0.39, 0.29) is 172 Å². The van der Waals surface area contributed by atoms with E-state index in [2.05, 4.69) is 67.8 Å². The van der Waals surface area contributed by atoms with Gasteiger partial charge in [0.2, 0.25) is 76.8 Å². The van der Waals surface area contributed by atoms with Crippen LogP contribution in [0.25, 0.3) is 21.8 Å². The number of amides is 13. The monoisotopic (exact) mass is 1720 g/mol. The van der Waals surface area contributed by atoms with Gasteiger partial charge in [0.1, 0.15) is 72.5 Å². The van der Waals surface area contributed by atoms with Crippen molar-refractivity contribution in [3.8, 4) is 0 Å². The van der Waals surface area contributed by atoms with E-state index in [1.165, 1.54) is 14.7 Å². The molecular weight excluding hydrogens is 1580 g/mol. The van der Waals surface area contributed by atoms with Gasteiger partial charge in [0, 0.05) is 79.8 Å². The molecule has 3 fully saturated rings. The summed E-state index contributed by atoms with van der Waals surface area (Å²) >= 11 is 0. The number of para-hydroxylation sites is 2. The van der Waals surface area contributed by atoms with Crippen molar-refractivity contribution >= 4 is 111 Å². The fourth-order valence-electron chi connectivity index (χ4n) is 16.1. The molecular formula is C85H137N25O13. The Morgan fingerprint density at radius 2 is 0.724 bits per heavy atom. The van der Waals surface area contributed by atoms with Crippen LogP contribution < -0.4 is 99.5 Å². The highest BCUT2D eigenvalue weighted by Crippen LogP contribution is 2.28. The number of fused-ring (bicyclic) bond motifs is 2. The molecule has 14 atom stereocenters. The maximum Gasteiger partial charge on any atom is 0.246 e. The van der Waals surface area contributed by atoms with Crippen molar-refractivity contribution in [2.45, 2.75) is 274 Å². The molecule has 2 aromatic heterocycles. The number of rotatable bonds is 52. The highest BCUT2D eigenvalue weighted by atomic mass is 16.2. The molecule has 38 nitrogen and oxygen atoms in total. The summed E-state index contributed by atoms with van der Waals surface area (Å²) in [5.74, 6) is -9.52. The number of carbonyl (C=O) groups excluding carboxylic acids is 13. The van der Waals surface area contributed by atoms with E-state index in [1.807, 2.05) is 90.1 Å². The summed E-state index contributed by atoms with van der Waals surface area (Å²) in [6.45, 7) is 12.7. The number of hydrogen-bond acceptors (Lipinski definition) is 19. The number of carbonyl (C=O) groups is 13. The second-order valence-electron chi connectivity index (χ2n) is 33.6. The van der Waals surface area contributed by atoms with E-state index in [1.54, 1.807) is 12.4 Å². The number of hydrogen-bond donors (Lipinski definition) is 20. The number of nitrogens with two attached hydrogens (primary N) is 9. The molecule has 0 unspecified atom stereocenters. The number of aliphatic imine (C=N–C) groups is 2. The van der Waals surface area contributed by atoms with Gasteiger partial charge in [0.05, 0.1) is 6.04 Å². The summed E-state index contributed by atoms with van der Waals surface area (Å²) in [5.41, 5.74) is 54.9. The Morgan fingerprint density at radius 3 is 1.10 bits per heavy atom. The Bertz CT molecular complexity index is 4260. The third-order valence-corrected chi connectivity index (χ3v) is 23.1. The van der Waals surface area contributed by atoms with Gasteiger partial charge < -0.3 is 124 Å². The standard InChI is InChI=1S/C85H137N25O13/c1-7-51(6)70(89)80(120)107-65(44-50(4)5)82(122)108-40-20-32-67(108)77(117)102-60(28-13-16-36-87)73(113)100-59(27-12-15-35-86)74(114)106-66(46-53-48-98-57-26-11-9-24-55(53)57)83(123)110-42-21-33-68(110)78(118)103-61(29-14-17-37-88)75(115)105-64(43-49(2)3)81(121)109-41-22-34-69(109)79(119)104-63(45-52-47-97-56-25-10-8-23-54(52)56)76(116)101-62(31-19-39-96-85(93)94)72(112)99-58(71(90)111)30-18-38-95-84(91)92/h8-11,23-26,47-51,58-70,97-98H,7,12-22,27-46,86-89H2,1-6H3,(H2,90,111)(H,99,112)(H,100,113)(H,101,116)(H,102,117)(H,103,118)(H,104,119)(H,105,115)(H,106,114)(H,107,120)(H4,91,92,95)(H4,93,94,96)/t51-,58-,59-,60-,61-,62-,63-,64-,65-,66-,67-,68-,69-,70-/m0/s1. The molecule has 7 rings (SSSR count). The first kappa shape index (κ1) is 99.1. The SMILES string of the molecule is CC[C@H](C)[C@H](N)C(=O)N[C@@H](CC(C)C)C(=O)N1CCC[C@H]1C(=O)N[C@@H](CCCCN)C(=O)N[C@@H](CCCCN)C(=O)N[C@@H](Cc1c[nH]c2ccccc12)C(=O)N1CCC[C@H]1C(=O)N[C@@H](CCCCN)C(=O)N[C@@H](CC(C)C)C(=O)N1CCC[C@H]1C(=O)N[C@@H](Cc1c[nH]c2ccccc12)C(=O)N[C@@H](CCCN=C(N)N)C(=O)N[C@@H](CCCN=C(N)N)C(N)=O. The van der Waals surface area contributed by atoms with Crippen molar-refractivity contribution in [3.63, 3.8) is 0 Å². The second-order valence-corrected chi connectivity index (χ2v) is 33.6. The molecule has 0 saturated carbocycles. The normalized spacial score (nSPS) is 17.9. The predicted octanol–water partition coefficient (Wildman–Crippen LogP) is -0.784. The summed E-state index contributed by atoms with van der Waals surface area (Å²) in [6.07, 6.45) is 9.16. The van der Waals surface area contributed by atoms with E-state index in [4.69, 9.17) is 51.6 Å².